The molecule has 1 aromatic heterocycles. The highest BCUT2D eigenvalue weighted by molar-refractivity contribution is 8.00. The molecule has 1 atom stereocenters. The summed E-state index contributed by atoms with van der Waals surface area (Å²) in [7, 11) is 0. The number of aromatic nitrogens is 3. The Labute approximate surface area is 169 Å². The van der Waals surface area contributed by atoms with E-state index >= 15 is 0 Å². The van der Waals surface area contributed by atoms with Gasteiger partial charge < -0.3 is 5.32 Å². The van der Waals surface area contributed by atoms with Gasteiger partial charge in [-0.25, -0.2) is 9.67 Å². The number of nitrogens with zero attached hydrogens (tertiary/aromatic N) is 3. The molecule has 3 aromatic rings. The lowest BCUT2D eigenvalue weighted by molar-refractivity contribution is -0.115. The van der Waals surface area contributed by atoms with Crippen molar-refractivity contribution in [1.82, 2.24) is 14.8 Å². The number of nitrogens with one attached hydrogen (secondary N) is 1. The summed E-state index contributed by atoms with van der Waals surface area (Å²) < 4.78 is 1.93. The van der Waals surface area contributed by atoms with Crippen molar-refractivity contribution in [2.24, 2.45) is 0 Å². The molecule has 0 aliphatic heterocycles. The molecule has 4 rings (SSSR count). The molecular weight excluding hydrogens is 368 g/mol. The van der Waals surface area contributed by atoms with Gasteiger partial charge in [0.2, 0.25) is 11.1 Å². The van der Waals surface area contributed by atoms with E-state index in [9.17, 15) is 4.79 Å². The topological polar surface area (TPSA) is 59.8 Å². The Morgan fingerprint density at radius 1 is 1.11 bits per heavy atom. The van der Waals surface area contributed by atoms with E-state index in [1.165, 1.54) is 11.8 Å². The Bertz CT molecular complexity index is 975. The molecule has 1 N–H and O–H groups in total. The van der Waals surface area contributed by atoms with Crippen LogP contribution < -0.4 is 5.32 Å². The van der Waals surface area contributed by atoms with Gasteiger partial charge in [-0.2, -0.15) is 0 Å². The number of para-hydroxylation sites is 2. The fraction of sp³-hybridized carbons (Fsp3) is 0.318. The van der Waals surface area contributed by atoms with Crippen molar-refractivity contribution in [1.29, 1.82) is 0 Å². The number of rotatable bonds is 6. The second-order valence-electron chi connectivity index (χ2n) is 7.29. The number of amides is 1. The van der Waals surface area contributed by atoms with Crippen molar-refractivity contribution in [3.63, 3.8) is 0 Å². The van der Waals surface area contributed by atoms with Gasteiger partial charge in [-0.3, -0.25) is 4.79 Å². The first-order valence-electron chi connectivity index (χ1n) is 9.59. The van der Waals surface area contributed by atoms with Crippen LogP contribution >= 0.6 is 11.8 Å². The quantitative estimate of drug-likeness (QED) is 0.607. The molecule has 144 valence electrons. The normalized spacial score (nSPS) is 14.7. The van der Waals surface area contributed by atoms with Gasteiger partial charge in [0, 0.05) is 11.6 Å². The van der Waals surface area contributed by atoms with Gasteiger partial charge in [0.25, 0.3) is 0 Å². The Hall–Kier alpha value is -2.60. The Morgan fingerprint density at radius 2 is 1.79 bits per heavy atom. The third-order valence-corrected chi connectivity index (χ3v) is 5.89. The summed E-state index contributed by atoms with van der Waals surface area (Å²) in [4.78, 5) is 17.5. The van der Waals surface area contributed by atoms with Crippen LogP contribution in [0.15, 0.2) is 53.7 Å². The lowest BCUT2D eigenvalue weighted by Crippen LogP contribution is -2.23. The van der Waals surface area contributed by atoms with Gasteiger partial charge in [0.15, 0.2) is 0 Å². The molecule has 0 bridgehead atoms. The van der Waals surface area contributed by atoms with Crippen LogP contribution in [-0.2, 0) is 4.79 Å². The van der Waals surface area contributed by atoms with Gasteiger partial charge in [0.1, 0.15) is 5.82 Å². The summed E-state index contributed by atoms with van der Waals surface area (Å²) >= 11 is 1.40. The highest BCUT2D eigenvalue weighted by Gasteiger charge is 2.31. The third-order valence-electron chi connectivity index (χ3n) is 4.94. The van der Waals surface area contributed by atoms with E-state index in [2.05, 4.69) is 5.32 Å². The van der Waals surface area contributed by atoms with E-state index in [1.807, 2.05) is 74.0 Å². The number of benzene rings is 2. The van der Waals surface area contributed by atoms with Crippen molar-refractivity contribution >= 4 is 23.4 Å². The molecule has 1 heterocycles. The van der Waals surface area contributed by atoms with E-state index in [0.717, 1.165) is 41.2 Å². The molecule has 1 fully saturated rings. The largest absolute Gasteiger partial charge is 0.325 e. The minimum absolute atomic E-state index is 0.0357. The van der Waals surface area contributed by atoms with Gasteiger partial charge in [-0.15, -0.1) is 5.10 Å². The molecule has 1 aliphatic carbocycles. The van der Waals surface area contributed by atoms with Gasteiger partial charge in [0.05, 0.1) is 10.9 Å². The van der Waals surface area contributed by atoms with Gasteiger partial charge >= 0.3 is 0 Å². The zero-order chi connectivity index (χ0) is 19.7. The van der Waals surface area contributed by atoms with Crippen LogP contribution in [0, 0.1) is 13.8 Å². The second kappa shape index (κ2) is 7.80. The minimum atomic E-state index is -0.294. The monoisotopic (exact) mass is 392 g/mol. The van der Waals surface area contributed by atoms with Crippen LogP contribution in [0.1, 0.15) is 42.6 Å². The zero-order valence-electron chi connectivity index (χ0n) is 16.3. The third kappa shape index (κ3) is 3.97. The van der Waals surface area contributed by atoms with Crippen LogP contribution in [0.2, 0.25) is 0 Å². The van der Waals surface area contributed by atoms with Crippen molar-refractivity contribution in [3.05, 3.63) is 65.5 Å². The van der Waals surface area contributed by atoms with E-state index in [0.29, 0.717) is 11.1 Å². The Kier molecular flexibility index (Phi) is 5.22. The van der Waals surface area contributed by atoms with Crippen LogP contribution in [0.4, 0.5) is 5.69 Å². The predicted molar refractivity (Wildman–Crippen MR) is 113 cm³/mol. The van der Waals surface area contributed by atoms with Crippen molar-refractivity contribution in [3.8, 4) is 5.69 Å². The van der Waals surface area contributed by atoms with Crippen LogP contribution in [0.25, 0.3) is 5.69 Å². The molecule has 1 amide bonds. The maximum Gasteiger partial charge on any atom is 0.237 e. The van der Waals surface area contributed by atoms with Crippen molar-refractivity contribution < 1.29 is 4.79 Å². The highest BCUT2D eigenvalue weighted by Crippen LogP contribution is 2.40. The SMILES string of the molecule is Cc1cccc(C)c1NC(=O)[C@H](C)Sc1nc(C2CC2)n(-c2ccccc2)n1. The Morgan fingerprint density at radius 3 is 2.43 bits per heavy atom. The fourth-order valence-electron chi connectivity index (χ4n) is 3.17. The van der Waals surface area contributed by atoms with Crippen molar-refractivity contribution in [2.75, 3.05) is 5.32 Å². The molecule has 0 radical (unpaired) electrons. The molecule has 5 nitrogen and oxygen atoms in total. The summed E-state index contributed by atoms with van der Waals surface area (Å²) in [6, 6.07) is 16.1. The molecule has 0 saturated heterocycles. The van der Waals surface area contributed by atoms with Crippen LogP contribution in [-0.4, -0.2) is 25.9 Å². The van der Waals surface area contributed by atoms with Gasteiger partial charge in [-0.1, -0.05) is 48.2 Å². The predicted octanol–water partition coefficient (Wildman–Crippen LogP) is 4.88. The molecule has 28 heavy (non-hydrogen) atoms. The average Bonchev–Trinajstić information content (AvgIpc) is 3.45. The number of anilines is 1. The maximum absolute atomic E-state index is 12.7. The van der Waals surface area contributed by atoms with E-state index in [1.54, 1.807) is 0 Å². The lowest BCUT2D eigenvalue weighted by Gasteiger charge is -2.14. The lowest BCUT2D eigenvalue weighted by atomic mass is 10.1. The zero-order valence-corrected chi connectivity index (χ0v) is 17.2. The standard InChI is InChI=1S/C22H24N4OS/c1-14-8-7-9-15(2)19(14)23-21(27)16(3)28-22-24-20(17-12-13-17)26(25-22)18-10-5-4-6-11-18/h4-11,16-17H,12-13H2,1-3H3,(H,23,27)/t16-/m0/s1. The average molecular weight is 393 g/mol. The minimum Gasteiger partial charge on any atom is -0.325 e. The fourth-order valence-corrected chi connectivity index (χ4v) is 3.92. The molecular formula is C22H24N4OS. The molecule has 6 heteroatoms. The first kappa shape index (κ1) is 18.7. The summed E-state index contributed by atoms with van der Waals surface area (Å²) in [6.45, 7) is 5.91. The van der Waals surface area contributed by atoms with Crippen LogP contribution in [0.3, 0.4) is 0 Å². The highest BCUT2D eigenvalue weighted by atomic mass is 32.2. The van der Waals surface area contributed by atoms with Crippen molar-refractivity contribution in [2.45, 2.75) is 49.9 Å². The number of thioether (sulfide) groups is 1. The summed E-state index contributed by atoms with van der Waals surface area (Å²) in [6.07, 6.45) is 2.30. The van der Waals surface area contributed by atoms with E-state index in [4.69, 9.17) is 10.1 Å². The number of hydrogen-bond donors (Lipinski definition) is 1. The number of hydrogen-bond acceptors (Lipinski definition) is 4. The van der Waals surface area contributed by atoms with E-state index < -0.39 is 0 Å². The van der Waals surface area contributed by atoms with Gasteiger partial charge in [-0.05, 0) is 56.9 Å². The van der Waals surface area contributed by atoms with E-state index in [-0.39, 0.29) is 11.2 Å². The second-order valence-corrected chi connectivity index (χ2v) is 8.60. The number of carbonyl (C=O) groups excluding carboxylic acids is 1. The first-order chi connectivity index (χ1) is 13.5. The molecule has 0 unspecified atom stereocenters. The number of carbonyl (C=O) groups is 1. The smallest absolute Gasteiger partial charge is 0.237 e. The molecule has 2 aromatic carbocycles. The maximum atomic E-state index is 12.7. The summed E-state index contributed by atoms with van der Waals surface area (Å²) in [5, 5.41) is 8.11. The molecule has 0 spiro atoms. The first-order valence-corrected chi connectivity index (χ1v) is 10.5. The summed E-state index contributed by atoms with van der Waals surface area (Å²) in [5.41, 5.74) is 4.03. The summed E-state index contributed by atoms with van der Waals surface area (Å²) in [5.74, 6) is 1.43. The molecule has 1 aliphatic rings. The Balaban J connectivity index is 1.52. The van der Waals surface area contributed by atoms with Crippen LogP contribution in [0.5, 0.6) is 0 Å². The number of aryl methyl sites for hydroxylation is 2. The molecule has 1 saturated carbocycles.